The Hall–Kier alpha value is -3.16. The van der Waals surface area contributed by atoms with Crippen LogP contribution in [0.4, 0.5) is 5.69 Å². The van der Waals surface area contributed by atoms with Crippen LogP contribution in [0.3, 0.4) is 0 Å². The van der Waals surface area contributed by atoms with Crippen molar-refractivity contribution in [2.24, 2.45) is 0 Å². The summed E-state index contributed by atoms with van der Waals surface area (Å²) in [6.45, 7) is 1.38. The highest BCUT2D eigenvalue weighted by Gasteiger charge is 2.06. The van der Waals surface area contributed by atoms with Gasteiger partial charge < -0.3 is 20.0 Å². The number of aromatic carboxylic acids is 1. The van der Waals surface area contributed by atoms with Crippen LogP contribution in [0.2, 0.25) is 0 Å². The number of imidazole rings is 1. The molecule has 0 atom stereocenters. The normalized spacial score (nSPS) is 10.8. The molecule has 8 heteroatoms. The minimum atomic E-state index is -0.939. The van der Waals surface area contributed by atoms with E-state index in [2.05, 4.69) is 20.3 Å². The number of carbonyl (C=O) groups is 1. The number of fused-ring (bicyclic) bond motifs is 1. The van der Waals surface area contributed by atoms with Gasteiger partial charge in [-0.3, -0.25) is 4.79 Å². The molecule has 0 unspecified atom stereocenters. The summed E-state index contributed by atoms with van der Waals surface area (Å²) < 4.78 is 1.83. The minimum absolute atomic E-state index is 0.245. The first-order valence-electron chi connectivity index (χ1n) is 7.11. The smallest absolute Gasteiger partial charge is 0.335 e. The number of hydrogen-bond donors (Lipinski definition) is 3. The first-order chi connectivity index (χ1) is 11.1. The van der Waals surface area contributed by atoms with Crippen molar-refractivity contribution in [2.75, 3.05) is 11.9 Å². The monoisotopic (exact) mass is 313 g/mol. The summed E-state index contributed by atoms with van der Waals surface area (Å²) in [6.07, 6.45) is 3.78. The van der Waals surface area contributed by atoms with Crippen LogP contribution in [0.1, 0.15) is 16.8 Å². The molecule has 3 rings (SSSR count). The molecule has 2 heterocycles. The lowest BCUT2D eigenvalue weighted by atomic mass is 10.2. The number of nitrogens with one attached hydrogen (secondary N) is 2. The number of H-pyrrole nitrogens is 1. The van der Waals surface area contributed by atoms with Gasteiger partial charge in [0.2, 0.25) is 0 Å². The maximum Gasteiger partial charge on any atom is 0.335 e. The average molecular weight is 313 g/mol. The van der Waals surface area contributed by atoms with E-state index in [0.717, 1.165) is 12.1 Å². The molecule has 3 aromatic rings. The third kappa shape index (κ3) is 3.20. The summed E-state index contributed by atoms with van der Waals surface area (Å²) in [7, 11) is 0. The van der Waals surface area contributed by atoms with Gasteiger partial charge in [0.05, 0.1) is 18.2 Å². The highest BCUT2D eigenvalue weighted by atomic mass is 16.4. The Morgan fingerprint density at radius 2 is 2.04 bits per heavy atom. The third-order valence-electron chi connectivity index (χ3n) is 3.44. The molecule has 118 valence electrons. The van der Waals surface area contributed by atoms with Gasteiger partial charge in [-0.2, -0.15) is 0 Å². The molecule has 23 heavy (non-hydrogen) atoms. The summed E-state index contributed by atoms with van der Waals surface area (Å²) in [5.74, 6) is -0.939. The standard InChI is InChI=1S/C15H15N5O3/c21-14-12-13(17-8-18-14)20(9-19-12)7-1-6-16-11-4-2-10(3-5-11)15(22)23/h2-5,8-9,16H,1,6-7H2,(H,22,23)(H,17,18,21). The van der Waals surface area contributed by atoms with E-state index in [1.165, 1.54) is 6.33 Å². The summed E-state index contributed by atoms with van der Waals surface area (Å²) in [5, 5.41) is 12.1. The highest BCUT2D eigenvalue weighted by molar-refractivity contribution is 5.87. The van der Waals surface area contributed by atoms with Gasteiger partial charge in [-0.1, -0.05) is 0 Å². The maximum atomic E-state index is 11.6. The van der Waals surface area contributed by atoms with Crippen LogP contribution in [0.15, 0.2) is 41.7 Å². The molecule has 0 bridgehead atoms. The van der Waals surface area contributed by atoms with Crippen molar-refractivity contribution < 1.29 is 9.90 Å². The zero-order valence-electron chi connectivity index (χ0n) is 12.2. The van der Waals surface area contributed by atoms with Crippen molar-refractivity contribution in [3.05, 3.63) is 52.8 Å². The third-order valence-corrected chi connectivity index (χ3v) is 3.44. The van der Waals surface area contributed by atoms with Crippen molar-refractivity contribution in [1.82, 2.24) is 19.5 Å². The SMILES string of the molecule is O=C(O)c1ccc(NCCCn2cnc3c(=O)[nH]cnc32)cc1. The number of anilines is 1. The number of hydrogen-bond acceptors (Lipinski definition) is 5. The van der Waals surface area contributed by atoms with Gasteiger partial charge in [0, 0.05) is 18.8 Å². The zero-order chi connectivity index (χ0) is 16.2. The molecule has 3 N–H and O–H groups in total. The van der Waals surface area contributed by atoms with Crippen molar-refractivity contribution in [3.8, 4) is 0 Å². The molecular weight excluding hydrogens is 298 g/mol. The van der Waals surface area contributed by atoms with Crippen LogP contribution in [0, 0.1) is 0 Å². The average Bonchev–Trinajstić information content (AvgIpc) is 2.97. The Balaban J connectivity index is 1.56. The van der Waals surface area contributed by atoms with Gasteiger partial charge in [0.15, 0.2) is 11.2 Å². The van der Waals surface area contributed by atoms with Gasteiger partial charge in [-0.15, -0.1) is 0 Å². The van der Waals surface area contributed by atoms with Gasteiger partial charge in [0.25, 0.3) is 5.56 Å². The number of nitrogens with zero attached hydrogens (tertiary/aromatic N) is 3. The summed E-state index contributed by atoms with van der Waals surface area (Å²) in [5.41, 5.74) is 1.78. The fourth-order valence-corrected chi connectivity index (χ4v) is 2.27. The van der Waals surface area contributed by atoms with Crippen molar-refractivity contribution >= 4 is 22.8 Å². The molecule has 0 saturated heterocycles. The molecule has 0 aliphatic rings. The van der Waals surface area contributed by atoms with E-state index in [1.807, 2.05) is 4.57 Å². The quantitative estimate of drug-likeness (QED) is 0.592. The molecule has 0 fully saturated rings. The molecule has 0 aliphatic heterocycles. The zero-order valence-corrected chi connectivity index (χ0v) is 12.2. The van der Waals surface area contributed by atoms with E-state index in [0.29, 0.717) is 24.3 Å². The predicted octanol–water partition coefficient (Wildman–Crippen LogP) is 1.32. The molecule has 2 aromatic heterocycles. The van der Waals surface area contributed by atoms with Crippen LogP contribution in [-0.4, -0.2) is 37.1 Å². The summed E-state index contributed by atoms with van der Waals surface area (Å²) in [6, 6.07) is 6.59. The van der Waals surface area contributed by atoms with E-state index < -0.39 is 5.97 Å². The Labute approximate surface area is 130 Å². The van der Waals surface area contributed by atoms with E-state index >= 15 is 0 Å². The fraction of sp³-hybridized carbons (Fsp3) is 0.200. The van der Waals surface area contributed by atoms with Crippen LogP contribution in [0.25, 0.3) is 11.2 Å². The fourth-order valence-electron chi connectivity index (χ4n) is 2.27. The molecule has 1 aromatic carbocycles. The number of rotatable bonds is 6. The number of aryl methyl sites for hydroxylation is 1. The van der Waals surface area contributed by atoms with Crippen molar-refractivity contribution in [2.45, 2.75) is 13.0 Å². The van der Waals surface area contributed by atoms with Gasteiger partial charge >= 0.3 is 5.97 Å². The van der Waals surface area contributed by atoms with Crippen LogP contribution in [-0.2, 0) is 6.54 Å². The second-order valence-electron chi connectivity index (χ2n) is 5.00. The topological polar surface area (TPSA) is 113 Å². The molecule has 0 spiro atoms. The van der Waals surface area contributed by atoms with Gasteiger partial charge in [-0.25, -0.2) is 14.8 Å². The number of benzene rings is 1. The van der Waals surface area contributed by atoms with E-state index in [-0.39, 0.29) is 11.1 Å². The largest absolute Gasteiger partial charge is 0.478 e. The molecular formula is C15H15N5O3. The molecule has 0 radical (unpaired) electrons. The predicted molar refractivity (Wildman–Crippen MR) is 84.7 cm³/mol. The molecule has 8 nitrogen and oxygen atoms in total. The minimum Gasteiger partial charge on any atom is -0.478 e. The first-order valence-corrected chi connectivity index (χ1v) is 7.11. The molecule has 0 amide bonds. The molecule has 0 saturated carbocycles. The molecule has 0 aliphatic carbocycles. The van der Waals surface area contributed by atoms with Gasteiger partial charge in [-0.05, 0) is 30.7 Å². The maximum absolute atomic E-state index is 11.6. The lowest BCUT2D eigenvalue weighted by Gasteiger charge is -2.07. The Bertz CT molecular complexity index is 882. The Morgan fingerprint density at radius 1 is 1.26 bits per heavy atom. The highest BCUT2D eigenvalue weighted by Crippen LogP contribution is 2.10. The number of carboxylic acids is 1. The van der Waals surface area contributed by atoms with Gasteiger partial charge in [0.1, 0.15) is 0 Å². The number of carboxylic acid groups (broad SMARTS) is 1. The summed E-state index contributed by atoms with van der Waals surface area (Å²) in [4.78, 5) is 33.0. The number of aromatic amines is 1. The Morgan fingerprint density at radius 3 is 2.78 bits per heavy atom. The first kappa shape index (κ1) is 14.8. The van der Waals surface area contributed by atoms with Crippen LogP contribution < -0.4 is 10.9 Å². The van der Waals surface area contributed by atoms with E-state index in [9.17, 15) is 9.59 Å². The van der Waals surface area contributed by atoms with E-state index in [1.54, 1.807) is 30.6 Å². The second kappa shape index (κ2) is 6.30. The second-order valence-corrected chi connectivity index (χ2v) is 5.00. The van der Waals surface area contributed by atoms with Crippen molar-refractivity contribution in [3.63, 3.8) is 0 Å². The number of aromatic nitrogens is 4. The Kier molecular flexibility index (Phi) is 4.05. The van der Waals surface area contributed by atoms with E-state index in [4.69, 9.17) is 5.11 Å². The lowest BCUT2D eigenvalue weighted by molar-refractivity contribution is 0.0697. The summed E-state index contributed by atoms with van der Waals surface area (Å²) >= 11 is 0. The van der Waals surface area contributed by atoms with Crippen molar-refractivity contribution in [1.29, 1.82) is 0 Å². The van der Waals surface area contributed by atoms with Crippen LogP contribution in [0.5, 0.6) is 0 Å². The van der Waals surface area contributed by atoms with Crippen LogP contribution >= 0.6 is 0 Å². The lowest BCUT2D eigenvalue weighted by Crippen LogP contribution is -2.09.